The molecule has 75 heavy (non-hydrogen) atoms. The maximum atomic E-state index is 12.5. The maximum absolute atomic E-state index is 12.5. The summed E-state index contributed by atoms with van der Waals surface area (Å²) in [6.45, 7) is 4.92. The minimum absolute atomic E-state index is 0.00127. The van der Waals surface area contributed by atoms with E-state index in [1.165, 1.54) is 295 Å². The summed E-state index contributed by atoms with van der Waals surface area (Å²) in [5, 5.41) is 23.4. The van der Waals surface area contributed by atoms with Gasteiger partial charge in [-0.2, -0.15) is 0 Å². The van der Waals surface area contributed by atoms with Crippen LogP contribution in [0.25, 0.3) is 0 Å². The summed E-state index contributed by atoms with van der Waals surface area (Å²) in [5.74, 6) is -0.0322. The molecule has 0 aromatic carbocycles. The van der Waals surface area contributed by atoms with Gasteiger partial charge in [0.05, 0.1) is 25.4 Å². The van der Waals surface area contributed by atoms with Crippen LogP contribution in [-0.4, -0.2) is 47.4 Å². The Morgan fingerprint density at radius 3 is 1.07 bits per heavy atom. The van der Waals surface area contributed by atoms with Gasteiger partial charge in [0.15, 0.2) is 0 Å². The van der Waals surface area contributed by atoms with Gasteiger partial charge < -0.3 is 20.3 Å². The van der Waals surface area contributed by atoms with Crippen LogP contribution in [0.5, 0.6) is 0 Å². The van der Waals surface area contributed by atoms with E-state index in [9.17, 15) is 19.8 Å². The van der Waals surface area contributed by atoms with Crippen molar-refractivity contribution < 1.29 is 24.5 Å². The van der Waals surface area contributed by atoms with Crippen LogP contribution >= 0.6 is 0 Å². The molecule has 0 fully saturated rings. The molecule has 0 radical (unpaired) electrons. The third-order valence-electron chi connectivity index (χ3n) is 16.0. The Labute approximate surface area is 469 Å². The third kappa shape index (κ3) is 61.4. The zero-order valence-electron chi connectivity index (χ0n) is 50.8. The molecule has 3 N–H and O–H groups in total. The number of aliphatic hydroxyl groups is 2. The minimum atomic E-state index is -0.666. The number of aliphatic hydroxyl groups excluding tert-OH is 2. The monoisotopic (exact) mass is 1060 g/mol. The Kier molecular flexibility index (Phi) is 63.4. The average Bonchev–Trinajstić information content (AvgIpc) is 3.41. The average molecular weight is 1060 g/mol. The Bertz CT molecular complexity index is 1170. The highest BCUT2D eigenvalue weighted by Gasteiger charge is 2.20. The molecular weight excluding hydrogens is 923 g/mol. The van der Waals surface area contributed by atoms with Crippen molar-refractivity contribution in [2.45, 2.75) is 392 Å². The summed E-state index contributed by atoms with van der Waals surface area (Å²) >= 11 is 0. The van der Waals surface area contributed by atoms with Crippen LogP contribution < -0.4 is 5.32 Å². The number of allylic oxidation sites excluding steroid dienone is 4. The van der Waals surface area contributed by atoms with Crippen LogP contribution in [0.2, 0.25) is 0 Å². The van der Waals surface area contributed by atoms with E-state index >= 15 is 0 Å². The quantitative estimate of drug-likeness (QED) is 0.0320. The normalized spacial score (nSPS) is 12.6. The second kappa shape index (κ2) is 64.9. The number of hydrogen-bond acceptors (Lipinski definition) is 5. The van der Waals surface area contributed by atoms with Crippen LogP contribution in [0.15, 0.2) is 24.3 Å². The first kappa shape index (κ1) is 73.3. The molecular formula is C69H133NO5. The van der Waals surface area contributed by atoms with Gasteiger partial charge in [-0.25, -0.2) is 0 Å². The molecule has 0 heterocycles. The van der Waals surface area contributed by atoms with Crippen LogP contribution in [0.1, 0.15) is 380 Å². The fraction of sp³-hybridized carbons (Fsp3) is 0.913. The number of carbonyl (C=O) groups is 2. The second-order valence-electron chi connectivity index (χ2n) is 23.5. The summed E-state index contributed by atoms with van der Waals surface area (Å²) in [6, 6.07) is -0.543. The van der Waals surface area contributed by atoms with Gasteiger partial charge in [-0.15, -0.1) is 0 Å². The number of rotatable bonds is 64. The number of nitrogens with one attached hydrogen (secondary N) is 1. The largest absolute Gasteiger partial charge is 0.466 e. The van der Waals surface area contributed by atoms with Gasteiger partial charge in [0.1, 0.15) is 0 Å². The van der Waals surface area contributed by atoms with Gasteiger partial charge in [-0.1, -0.05) is 340 Å². The number of carbonyl (C=O) groups excluding carboxylic acids is 2. The van der Waals surface area contributed by atoms with Gasteiger partial charge in [-0.3, -0.25) is 9.59 Å². The van der Waals surface area contributed by atoms with Gasteiger partial charge in [-0.05, 0) is 51.4 Å². The van der Waals surface area contributed by atoms with Crippen molar-refractivity contribution in [1.29, 1.82) is 0 Å². The van der Waals surface area contributed by atoms with Crippen molar-refractivity contribution in [3.8, 4) is 0 Å². The molecule has 0 saturated carbocycles. The van der Waals surface area contributed by atoms with Crippen LogP contribution in [-0.2, 0) is 14.3 Å². The summed E-state index contributed by atoms with van der Waals surface area (Å²) in [5.41, 5.74) is 0. The molecule has 2 atom stereocenters. The van der Waals surface area contributed by atoms with E-state index in [2.05, 4.69) is 43.5 Å². The lowest BCUT2D eigenvalue weighted by Crippen LogP contribution is -2.45. The van der Waals surface area contributed by atoms with Crippen molar-refractivity contribution in [3.63, 3.8) is 0 Å². The van der Waals surface area contributed by atoms with E-state index in [0.29, 0.717) is 25.9 Å². The van der Waals surface area contributed by atoms with E-state index in [-0.39, 0.29) is 18.5 Å². The summed E-state index contributed by atoms with van der Waals surface area (Å²) in [4.78, 5) is 24.6. The fourth-order valence-corrected chi connectivity index (χ4v) is 10.8. The number of ether oxygens (including phenoxy) is 1. The SMILES string of the molecule is CCC/C=C\C/C=C\CCCCCCCC(=O)OCCCCCCCCCCCCCCCCCCCCCCCCC(=O)NC(CO)C(O)CCCCCCCCCCCCCCCCCCCCCCCCC. The standard InChI is InChI=1S/C69H133NO5/c1-3-5-7-9-11-13-15-17-18-19-20-21-22-25-28-31-34-38-41-45-49-53-57-61-67(72)66(65-71)70-68(73)62-58-54-50-46-42-39-35-32-29-26-23-24-27-30-33-36-40-44-48-52-56-60-64-75-69(74)63-59-55-51-47-43-37-16-14-12-10-8-6-4-2/h8,10,14,16,66-67,71-72H,3-7,9,11-13,15,17-65H2,1-2H3,(H,70,73)/b10-8-,16-14-. The smallest absolute Gasteiger partial charge is 0.305 e. The molecule has 0 saturated heterocycles. The lowest BCUT2D eigenvalue weighted by Gasteiger charge is -2.22. The highest BCUT2D eigenvalue weighted by molar-refractivity contribution is 5.76. The predicted molar refractivity (Wildman–Crippen MR) is 329 cm³/mol. The second-order valence-corrected chi connectivity index (χ2v) is 23.5. The van der Waals surface area contributed by atoms with Crippen molar-refractivity contribution in [2.24, 2.45) is 0 Å². The van der Waals surface area contributed by atoms with Crippen molar-refractivity contribution in [3.05, 3.63) is 24.3 Å². The minimum Gasteiger partial charge on any atom is -0.466 e. The highest BCUT2D eigenvalue weighted by atomic mass is 16.5. The summed E-state index contributed by atoms with van der Waals surface area (Å²) in [6.07, 6.45) is 80.7. The summed E-state index contributed by atoms with van der Waals surface area (Å²) < 4.78 is 5.47. The van der Waals surface area contributed by atoms with Gasteiger partial charge in [0, 0.05) is 12.8 Å². The first-order valence-corrected chi connectivity index (χ1v) is 34.1. The van der Waals surface area contributed by atoms with Gasteiger partial charge in [0.25, 0.3) is 0 Å². The fourth-order valence-electron chi connectivity index (χ4n) is 10.8. The summed E-state index contributed by atoms with van der Waals surface area (Å²) in [7, 11) is 0. The van der Waals surface area contributed by atoms with E-state index in [1.807, 2.05) is 0 Å². The molecule has 0 aromatic rings. The Morgan fingerprint density at radius 2 is 0.693 bits per heavy atom. The molecule has 0 spiro atoms. The number of unbranched alkanes of at least 4 members (excludes halogenated alkanes) is 49. The zero-order chi connectivity index (χ0) is 54.3. The van der Waals surface area contributed by atoms with Crippen LogP contribution in [0.4, 0.5) is 0 Å². The molecule has 0 aromatic heterocycles. The Morgan fingerprint density at radius 1 is 0.373 bits per heavy atom. The van der Waals surface area contributed by atoms with E-state index in [4.69, 9.17) is 4.74 Å². The predicted octanol–water partition coefficient (Wildman–Crippen LogP) is 21.8. The first-order valence-electron chi connectivity index (χ1n) is 34.1. The molecule has 0 aliphatic carbocycles. The van der Waals surface area contributed by atoms with E-state index in [1.54, 1.807) is 0 Å². The first-order chi connectivity index (χ1) is 37.0. The highest BCUT2D eigenvalue weighted by Crippen LogP contribution is 2.19. The Balaban J connectivity index is 3.38. The molecule has 6 nitrogen and oxygen atoms in total. The Hall–Kier alpha value is -1.66. The molecule has 2 unspecified atom stereocenters. The van der Waals surface area contributed by atoms with E-state index < -0.39 is 12.1 Å². The van der Waals surface area contributed by atoms with Crippen LogP contribution in [0, 0.1) is 0 Å². The molecule has 0 aliphatic heterocycles. The lowest BCUT2D eigenvalue weighted by atomic mass is 10.0. The van der Waals surface area contributed by atoms with Crippen molar-refractivity contribution >= 4 is 11.9 Å². The van der Waals surface area contributed by atoms with Gasteiger partial charge >= 0.3 is 5.97 Å². The molecule has 1 amide bonds. The number of hydrogen-bond donors (Lipinski definition) is 3. The topological polar surface area (TPSA) is 95.9 Å². The van der Waals surface area contributed by atoms with Gasteiger partial charge in [0.2, 0.25) is 5.91 Å². The molecule has 0 rings (SSSR count). The van der Waals surface area contributed by atoms with Crippen molar-refractivity contribution in [2.75, 3.05) is 13.2 Å². The molecule has 6 heteroatoms. The third-order valence-corrected chi connectivity index (χ3v) is 16.0. The van der Waals surface area contributed by atoms with Crippen molar-refractivity contribution in [1.82, 2.24) is 5.32 Å². The van der Waals surface area contributed by atoms with E-state index in [0.717, 1.165) is 51.4 Å². The molecule has 0 bridgehead atoms. The number of esters is 1. The molecule has 444 valence electrons. The van der Waals surface area contributed by atoms with Crippen LogP contribution in [0.3, 0.4) is 0 Å². The maximum Gasteiger partial charge on any atom is 0.305 e. The lowest BCUT2D eigenvalue weighted by molar-refractivity contribution is -0.143. The zero-order valence-corrected chi connectivity index (χ0v) is 50.8. The number of amides is 1. The molecule has 0 aliphatic rings.